The van der Waals surface area contributed by atoms with Gasteiger partial charge in [-0.3, -0.25) is 18.9 Å². The van der Waals surface area contributed by atoms with Crippen molar-refractivity contribution in [2.45, 2.75) is 19.9 Å². The number of halogens is 1. The topological polar surface area (TPSA) is 90.0 Å². The number of rotatable bonds is 2. The molecule has 3 heterocycles. The van der Waals surface area contributed by atoms with Gasteiger partial charge in [-0.25, -0.2) is 9.20 Å². The largest absolute Gasteiger partial charge is 0.329 e. The predicted molar refractivity (Wildman–Crippen MR) is 97.9 cm³/mol. The summed E-state index contributed by atoms with van der Waals surface area (Å²) in [4.78, 5) is 27.0. The maximum atomic E-state index is 12.5. The molecule has 0 atom stereocenters. The van der Waals surface area contributed by atoms with E-state index in [1.807, 2.05) is 38.1 Å². The van der Waals surface area contributed by atoms with E-state index >= 15 is 0 Å². The molecule has 1 aromatic carbocycles. The van der Waals surface area contributed by atoms with Gasteiger partial charge in [0, 0.05) is 23.1 Å². The Labute approximate surface area is 149 Å². The van der Waals surface area contributed by atoms with E-state index in [0.29, 0.717) is 22.8 Å². The lowest BCUT2D eigenvalue weighted by molar-refractivity contribution is 0.628. The van der Waals surface area contributed by atoms with Gasteiger partial charge in [0.25, 0.3) is 5.56 Å². The number of hydrogen-bond donors (Lipinski definition) is 1. The Morgan fingerprint density at radius 3 is 2.44 bits per heavy atom. The van der Waals surface area contributed by atoms with Gasteiger partial charge in [0.1, 0.15) is 0 Å². The number of aryl methyl sites for hydroxylation is 1. The third-order valence-corrected chi connectivity index (χ3v) is 4.73. The van der Waals surface area contributed by atoms with E-state index in [9.17, 15) is 9.59 Å². The van der Waals surface area contributed by atoms with Crippen molar-refractivity contribution in [1.82, 2.24) is 28.7 Å². The van der Waals surface area contributed by atoms with Gasteiger partial charge in [-0.1, -0.05) is 28.1 Å². The second kappa shape index (κ2) is 5.41. The minimum absolute atomic E-state index is 0.0273. The standard InChI is InChI=1S/C16H15BrN6O2/c1-8(2)22-11-13(24)18-16(25)21(3)14(11)23-12(19-20-15(22)23)9-4-6-10(17)7-5-9/h4-8H,1-3H3,(H,18,24,25). The summed E-state index contributed by atoms with van der Waals surface area (Å²) in [6.07, 6.45) is 0. The number of imidazole rings is 1. The summed E-state index contributed by atoms with van der Waals surface area (Å²) in [6, 6.07) is 7.60. The number of H-pyrrole nitrogens is 1. The third kappa shape index (κ3) is 2.19. The van der Waals surface area contributed by atoms with E-state index in [-0.39, 0.29) is 6.04 Å². The molecule has 4 aromatic rings. The number of nitrogens with zero attached hydrogens (tertiary/aromatic N) is 5. The summed E-state index contributed by atoms with van der Waals surface area (Å²) in [7, 11) is 1.62. The van der Waals surface area contributed by atoms with Crippen LogP contribution in [0.5, 0.6) is 0 Å². The molecule has 0 radical (unpaired) electrons. The SMILES string of the molecule is CC(C)n1c2c(=O)[nH]c(=O)n(C)c2n2c(-c3ccc(Br)cc3)nnc12. The molecule has 0 aliphatic heterocycles. The molecule has 4 rings (SSSR count). The highest BCUT2D eigenvalue weighted by molar-refractivity contribution is 9.10. The molecule has 0 saturated heterocycles. The molecule has 0 aliphatic carbocycles. The van der Waals surface area contributed by atoms with Gasteiger partial charge < -0.3 is 0 Å². The zero-order valence-electron chi connectivity index (χ0n) is 13.8. The first-order chi connectivity index (χ1) is 11.9. The third-order valence-electron chi connectivity index (χ3n) is 4.20. The molecule has 0 aliphatic rings. The Morgan fingerprint density at radius 2 is 1.80 bits per heavy atom. The van der Waals surface area contributed by atoms with E-state index in [0.717, 1.165) is 10.0 Å². The molecule has 0 amide bonds. The second-order valence-electron chi connectivity index (χ2n) is 6.12. The maximum absolute atomic E-state index is 12.5. The Balaban J connectivity index is 2.25. The first-order valence-corrected chi connectivity index (χ1v) is 8.53. The molecule has 25 heavy (non-hydrogen) atoms. The van der Waals surface area contributed by atoms with Crippen LogP contribution < -0.4 is 11.2 Å². The first kappa shape index (κ1) is 15.8. The fraction of sp³-hybridized carbons (Fsp3) is 0.250. The number of aromatic amines is 1. The number of fused-ring (bicyclic) bond motifs is 3. The number of nitrogens with one attached hydrogen (secondary N) is 1. The lowest BCUT2D eigenvalue weighted by Gasteiger charge is -2.07. The summed E-state index contributed by atoms with van der Waals surface area (Å²) in [5.74, 6) is 1.10. The summed E-state index contributed by atoms with van der Waals surface area (Å²) in [5.41, 5.74) is 0.807. The second-order valence-corrected chi connectivity index (χ2v) is 7.04. The molecule has 128 valence electrons. The van der Waals surface area contributed by atoms with Gasteiger partial charge in [0.2, 0.25) is 5.78 Å². The van der Waals surface area contributed by atoms with E-state index < -0.39 is 11.2 Å². The van der Waals surface area contributed by atoms with E-state index in [4.69, 9.17) is 0 Å². The summed E-state index contributed by atoms with van der Waals surface area (Å²) in [5, 5.41) is 8.58. The molecular weight excluding hydrogens is 388 g/mol. The van der Waals surface area contributed by atoms with E-state index in [1.165, 1.54) is 4.57 Å². The van der Waals surface area contributed by atoms with Crippen molar-refractivity contribution in [2.75, 3.05) is 0 Å². The summed E-state index contributed by atoms with van der Waals surface area (Å²) >= 11 is 3.41. The van der Waals surface area contributed by atoms with Crippen LogP contribution >= 0.6 is 15.9 Å². The zero-order valence-corrected chi connectivity index (χ0v) is 15.4. The monoisotopic (exact) mass is 402 g/mol. The molecule has 8 nitrogen and oxygen atoms in total. The molecule has 0 bridgehead atoms. The first-order valence-electron chi connectivity index (χ1n) is 7.74. The highest BCUT2D eigenvalue weighted by atomic mass is 79.9. The number of hydrogen-bond acceptors (Lipinski definition) is 4. The van der Waals surface area contributed by atoms with Gasteiger partial charge in [-0.2, -0.15) is 0 Å². The molecular formula is C16H15BrN6O2. The Morgan fingerprint density at radius 1 is 1.12 bits per heavy atom. The van der Waals surface area contributed by atoms with Crippen LogP contribution in [0.3, 0.4) is 0 Å². The number of aromatic nitrogens is 6. The van der Waals surface area contributed by atoms with Crippen molar-refractivity contribution in [2.24, 2.45) is 7.05 Å². The van der Waals surface area contributed by atoms with Crippen LogP contribution in [0, 0.1) is 0 Å². The molecule has 1 N–H and O–H groups in total. The van der Waals surface area contributed by atoms with Crippen LogP contribution in [0.15, 0.2) is 38.3 Å². The van der Waals surface area contributed by atoms with Crippen molar-refractivity contribution < 1.29 is 0 Å². The molecule has 0 unspecified atom stereocenters. The van der Waals surface area contributed by atoms with Gasteiger partial charge in [0.15, 0.2) is 17.0 Å². The van der Waals surface area contributed by atoms with Gasteiger partial charge >= 0.3 is 5.69 Å². The van der Waals surface area contributed by atoms with Crippen molar-refractivity contribution in [3.63, 3.8) is 0 Å². The predicted octanol–water partition coefficient (Wildman–Crippen LogP) is 2.08. The van der Waals surface area contributed by atoms with Crippen LogP contribution in [0.2, 0.25) is 0 Å². The van der Waals surface area contributed by atoms with Crippen molar-refractivity contribution in [3.8, 4) is 11.4 Å². The minimum Gasteiger partial charge on any atom is -0.300 e. The highest BCUT2D eigenvalue weighted by Crippen LogP contribution is 2.27. The minimum atomic E-state index is -0.476. The fourth-order valence-corrected chi connectivity index (χ4v) is 3.34. The van der Waals surface area contributed by atoms with E-state index in [2.05, 4.69) is 31.1 Å². The van der Waals surface area contributed by atoms with Gasteiger partial charge in [-0.05, 0) is 26.0 Å². The smallest absolute Gasteiger partial charge is 0.300 e. The van der Waals surface area contributed by atoms with Crippen LogP contribution in [0.1, 0.15) is 19.9 Å². The lowest BCUT2D eigenvalue weighted by Crippen LogP contribution is -2.29. The quantitative estimate of drug-likeness (QED) is 0.555. The zero-order chi connectivity index (χ0) is 17.9. The van der Waals surface area contributed by atoms with Crippen LogP contribution in [0.25, 0.3) is 28.3 Å². The average Bonchev–Trinajstić information content (AvgIpc) is 3.11. The molecule has 0 spiro atoms. The molecule has 0 saturated carbocycles. The highest BCUT2D eigenvalue weighted by Gasteiger charge is 2.23. The van der Waals surface area contributed by atoms with Gasteiger partial charge in [-0.15, -0.1) is 10.2 Å². The van der Waals surface area contributed by atoms with Crippen LogP contribution in [0.4, 0.5) is 0 Å². The Bertz CT molecular complexity index is 1230. The van der Waals surface area contributed by atoms with Crippen molar-refractivity contribution >= 4 is 32.9 Å². The Hall–Kier alpha value is -2.68. The summed E-state index contributed by atoms with van der Waals surface area (Å²) < 4.78 is 5.91. The normalized spacial score (nSPS) is 11.9. The molecule has 0 fully saturated rings. The Kier molecular flexibility index (Phi) is 3.43. The summed E-state index contributed by atoms with van der Waals surface area (Å²) in [6.45, 7) is 3.91. The lowest BCUT2D eigenvalue weighted by atomic mass is 10.2. The van der Waals surface area contributed by atoms with Crippen LogP contribution in [-0.4, -0.2) is 28.7 Å². The van der Waals surface area contributed by atoms with Crippen molar-refractivity contribution in [3.05, 3.63) is 49.6 Å². The molecule has 9 heteroatoms. The van der Waals surface area contributed by atoms with Crippen molar-refractivity contribution in [1.29, 1.82) is 0 Å². The fourth-order valence-electron chi connectivity index (χ4n) is 3.07. The molecule has 3 aromatic heterocycles. The van der Waals surface area contributed by atoms with Crippen LogP contribution in [-0.2, 0) is 7.05 Å². The van der Waals surface area contributed by atoms with E-state index in [1.54, 1.807) is 16.0 Å². The average molecular weight is 403 g/mol. The number of benzene rings is 1. The van der Waals surface area contributed by atoms with Gasteiger partial charge in [0.05, 0.1) is 0 Å². The maximum Gasteiger partial charge on any atom is 0.329 e.